The van der Waals surface area contributed by atoms with Crippen LogP contribution in [0.2, 0.25) is 0 Å². The molecular formula is C10H19N3O. The number of hydrogen-bond donors (Lipinski definition) is 2. The van der Waals surface area contributed by atoms with Crippen molar-refractivity contribution in [2.24, 2.45) is 5.73 Å². The molecule has 0 saturated carbocycles. The topological polar surface area (TPSA) is 58.4 Å². The van der Waals surface area contributed by atoms with Crippen LogP contribution in [-0.2, 0) is 4.79 Å². The Bertz CT molecular complexity index is 210. The van der Waals surface area contributed by atoms with E-state index in [1.165, 1.54) is 0 Å². The summed E-state index contributed by atoms with van der Waals surface area (Å²) >= 11 is 0. The second kappa shape index (κ2) is 7.36. The van der Waals surface area contributed by atoms with E-state index in [9.17, 15) is 4.79 Å². The SMILES string of the molecule is C#CCNC(=O)C(C)N(C)CCCN. The molecule has 0 saturated heterocycles. The van der Waals surface area contributed by atoms with E-state index < -0.39 is 0 Å². The first-order valence-electron chi connectivity index (χ1n) is 4.75. The molecule has 14 heavy (non-hydrogen) atoms. The third kappa shape index (κ3) is 4.85. The standard InChI is InChI=1S/C10H19N3O/c1-4-7-12-10(14)9(2)13(3)8-5-6-11/h1,9H,5-8,11H2,2-3H3,(H,12,14). The van der Waals surface area contributed by atoms with Crippen molar-refractivity contribution in [1.29, 1.82) is 0 Å². The number of carbonyl (C=O) groups is 1. The van der Waals surface area contributed by atoms with Gasteiger partial charge in [-0.2, -0.15) is 0 Å². The van der Waals surface area contributed by atoms with Gasteiger partial charge in [-0.3, -0.25) is 9.69 Å². The highest BCUT2D eigenvalue weighted by atomic mass is 16.2. The van der Waals surface area contributed by atoms with Gasteiger partial charge < -0.3 is 11.1 Å². The van der Waals surface area contributed by atoms with E-state index in [-0.39, 0.29) is 18.5 Å². The average molecular weight is 197 g/mol. The zero-order valence-electron chi connectivity index (χ0n) is 8.92. The molecular weight excluding hydrogens is 178 g/mol. The molecule has 0 bridgehead atoms. The number of terminal acetylenes is 1. The Morgan fingerprint density at radius 2 is 2.36 bits per heavy atom. The molecule has 0 aliphatic heterocycles. The summed E-state index contributed by atoms with van der Waals surface area (Å²) in [5, 5.41) is 2.64. The van der Waals surface area contributed by atoms with Gasteiger partial charge in [-0.1, -0.05) is 5.92 Å². The summed E-state index contributed by atoms with van der Waals surface area (Å²) in [4.78, 5) is 13.4. The maximum atomic E-state index is 11.4. The number of carbonyl (C=O) groups excluding carboxylic acids is 1. The molecule has 0 aromatic heterocycles. The number of likely N-dealkylation sites (N-methyl/N-ethyl adjacent to an activating group) is 1. The van der Waals surface area contributed by atoms with E-state index in [1.54, 1.807) is 0 Å². The molecule has 0 rings (SSSR count). The van der Waals surface area contributed by atoms with Gasteiger partial charge in [0.1, 0.15) is 0 Å². The average Bonchev–Trinajstić information content (AvgIpc) is 2.21. The van der Waals surface area contributed by atoms with Crippen LogP contribution in [0.1, 0.15) is 13.3 Å². The summed E-state index contributed by atoms with van der Waals surface area (Å²) in [5.74, 6) is 2.33. The normalized spacial score (nSPS) is 12.2. The summed E-state index contributed by atoms with van der Waals surface area (Å²) in [5.41, 5.74) is 5.38. The van der Waals surface area contributed by atoms with Crippen molar-refractivity contribution in [2.45, 2.75) is 19.4 Å². The van der Waals surface area contributed by atoms with Gasteiger partial charge in [-0.15, -0.1) is 6.42 Å². The van der Waals surface area contributed by atoms with E-state index in [2.05, 4.69) is 11.2 Å². The summed E-state index contributed by atoms with van der Waals surface area (Å²) in [7, 11) is 1.90. The van der Waals surface area contributed by atoms with E-state index >= 15 is 0 Å². The van der Waals surface area contributed by atoms with Crippen molar-refractivity contribution in [2.75, 3.05) is 26.7 Å². The fourth-order valence-electron chi connectivity index (χ4n) is 1.02. The maximum absolute atomic E-state index is 11.4. The maximum Gasteiger partial charge on any atom is 0.237 e. The van der Waals surface area contributed by atoms with Gasteiger partial charge in [0, 0.05) is 0 Å². The Balaban J connectivity index is 3.85. The molecule has 0 aliphatic carbocycles. The Morgan fingerprint density at radius 1 is 1.71 bits per heavy atom. The number of nitrogens with two attached hydrogens (primary N) is 1. The van der Waals surface area contributed by atoms with Crippen LogP contribution in [0.3, 0.4) is 0 Å². The van der Waals surface area contributed by atoms with Crippen LogP contribution in [0.5, 0.6) is 0 Å². The number of nitrogens with zero attached hydrogens (tertiary/aromatic N) is 1. The minimum absolute atomic E-state index is 0.0394. The minimum Gasteiger partial charge on any atom is -0.344 e. The van der Waals surface area contributed by atoms with E-state index in [0.717, 1.165) is 13.0 Å². The monoisotopic (exact) mass is 197 g/mol. The molecule has 0 aromatic carbocycles. The van der Waals surface area contributed by atoms with Crippen LogP contribution in [0.25, 0.3) is 0 Å². The number of nitrogens with one attached hydrogen (secondary N) is 1. The Hall–Kier alpha value is -1.05. The number of amides is 1. The molecule has 80 valence electrons. The Kier molecular flexibility index (Phi) is 6.81. The van der Waals surface area contributed by atoms with E-state index in [1.807, 2.05) is 18.9 Å². The highest BCUT2D eigenvalue weighted by molar-refractivity contribution is 5.81. The molecule has 1 amide bonds. The summed E-state index contributed by atoms with van der Waals surface area (Å²) in [6.45, 7) is 3.60. The van der Waals surface area contributed by atoms with Crippen molar-refractivity contribution in [3.63, 3.8) is 0 Å². The molecule has 4 heteroatoms. The van der Waals surface area contributed by atoms with Crippen molar-refractivity contribution >= 4 is 5.91 Å². The van der Waals surface area contributed by atoms with Gasteiger partial charge in [0.05, 0.1) is 12.6 Å². The highest BCUT2D eigenvalue weighted by Crippen LogP contribution is 1.96. The van der Waals surface area contributed by atoms with Gasteiger partial charge in [0.2, 0.25) is 5.91 Å². The summed E-state index contributed by atoms with van der Waals surface area (Å²) in [6, 6.07) is -0.158. The zero-order valence-corrected chi connectivity index (χ0v) is 8.92. The lowest BCUT2D eigenvalue weighted by atomic mass is 10.2. The van der Waals surface area contributed by atoms with E-state index in [4.69, 9.17) is 12.2 Å². The zero-order chi connectivity index (χ0) is 11.0. The van der Waals surface area contributed by atoms with Crippen LogP contribution in [0.15, 0.2) is 0 Å². The third-order valence-corrected chi connectivity index (χ3v) is 2.12. The highest BCUT2D eigenvalue weighted by Gasteiger charge is 2.16. The minimum atomic E-state index is -0.158. The van der Waals surface area contributed by atoms with Gasteiger partial charge in [-0.05, 0) is 33.5 Å². The van der Waals surface area contributed by atoms with Gasteiger partial charge >= 0.3 is 0 Å². The van der Waals surface area contributed by atoms with Crippen molar-refractivity contribution in [3.05, 3.63) is 0 Å². The van der Waals surface area contributed by atoms with Gasteiger partial charge in [-0.25, -0.2) is 0 Å². The predicted molar refractivity (Wildman–Crippen MR) is 57.6 cm³/mol. The van der Waals surface area contributed by atoms with Crippen LogP contribution >= 0.6 is 0 Å². The Labute approximate surface area is 85.8 Å². The Morgan fingerprint density at radius 3 is 2.86 bits per heavy atom. The molecule has 0 aliphatic rings. The smallest absolute Gasteiger partial charge is 0.237 e. The first-order valence-corrected chi connectivity index (χ1v) is 4.75. The molecule has 4 nitrogen and oxygen atoms in total. The second-order valence-corrected chi connectivity index (χ2v) is 3.22. The quantitative estimate of drug-likeness (QED) is 0.559. The van der Waals surface area contributed by atoms with Crippen molar-refractivity contribution in [3.8, 4) is 12.3 Å². The van der Waals surface area contributed by atoms with E-state index in [0.29, 0.717) is 6.54 Å². The summed E-state index contributed by atoms with van der Waals surface area (Å²) < 4.78 is 0. The molecule has 0 spiro atoms. The molecule has 0 heterocycles. The predicted octanol–water partition coefficient (Wildman–Crippen LogP) is -0.595. The van der Waals surface area contributed by atoms with Gasteiger partial charge in [0.15, 0.2) is 0 Å². The largest absolute Gasteiger partial charge is 0.344 e. The van der Waals surface area contributed by atoms with Crippen LogP contribution in [0, 0.1) is 12.3 Å². The fraction of sp³-hybridized carbons (Fsp3) is 0.700. The molecule has 1 atom stereocenters. The molecule has 0 radical (unpaired) electrons. The lowest BCUT2D eigenvalue weighted by Crippen LogP contribution is -2.43. The molecule has 3 N–H and O–H groups in total. The second-order valence-electron chi connectivity index (χ2n) is 3.22. The molecule has 1 unspecified atom stereocenters. The van der Waals surface area contributed by atoms with Crippen LogP contribution in [0.4, 0.5) is 0 Å². The van der Waals surface area contributed by atoms with Crippen LogP contribution < -0.4 is 11.1 Å². The fourth-order valence-corrected chi connectivity index (χ4v) is 1.02. The molecule has 0 fully saturated rings. The lowest BCUT2D eigenvalue weighted by molar-refractivity contribution is -0.125. The van der Waals surface area contributed by atoms with Gasteiger partial charge in [0.25, 0.3) is 0 Å². The van der Waals surface area contributed by atoms with Crippen molar-refractivity contribution in [1.82, 2.24) is 10.2 Å². The lowest BCUT2D eigenvalue weighted by Gasteiger charge is -2.23. The molecule has 0 aromatic rings. The first kappa shape index (κ1) is 12.9. The van der Waals surface area contributed by atoms with Crippen molar-refractivity contribution < 1.29 is 4.79 Å². The van der Waals surface area contributed by atoms with Crippen LogP contribution in [-0.4, -0.2) is 43.5 Å². The first-order chi connectivity index (χ1) is 6.63. The third-order valence-electron chi connectivity index (χ3n) is 2.12. The number of rotatable bonds is 6. The summed E-state index contributed by atoms with van der Waals surface area (Å²) in [6.07, 6.45) is 5.93. The number of hydrogen-bond acceptors (Lipinski definition) is 3.